The molecule has 0 heterocycles. The first-order valence-electron chi connectivity index (χ1n) is 6.27. The molecule has 0 radical (unpaired) electrons. The Kier molecular flexibility index (Phi) is 4.69. The molecule has 1 N–H and O–H groups in total. The first-order chi connectivity index (χ1) is 9.47. The number of hydrogen-bond donors (Lipinski definition) is 1. The summed E-state index contributed by atoms with van der Waals surface area (Å²) in [5.74, 6) is -0.103. The van der Waals surface area contributed by atoms with Crippen LogP contribution in [0.2, 0.25) is 10.0 Å². The highest BCUT2D eigenvalue weighted by atomic mass is 35.5. The van der Waals surface area contributed by atoms with Crippen LogP contribution >= 0.6 is 23.2 Å². The van der Waals surface area contributed by atoms with Gasteiger partial charge in [0.25, 0.3) is 5.91 Å². The molecule has 0 atom stereocenters. The van der Waals surface area contributed by atoms with Crippen molar-refractivity contribution >= 4 is 29.1 Å². The maximum Gasteiger partial charge on any atom is 0.251 e. The number of halogens is 2. The lowest BCUT2D eigenvalue weighted by Crippen LogP contribution is -2.23. The van der Waals surface area contributed by atoms with E-state index in [2.05, 4.69) is 5.32 Å². The van der Waals surface area contributed by atoms with Gasteiger partial charge < -0.3 is 5.32 Å². The molecule has 2 aromatic carbocycles. The SMILES string of the molecule is Cc1ccc(C(=O)NCc2ccc(Cl)cc2Cl)c(C)c1. The minimum Gasteiger partial charge on any atom is -0.348 e. The average molecular weight is 308 g/mol. The van der Waals surface area contributed by atoms with Gasteiger partial charge in [-0.05, 0) is 43.2 Å². The molecular formula is C16H15Cl2NO. The normalized spacial score (nSPS) is 10.4. The maximum absolute atomic E-state index is 12.1. The number of amides is 1. The molecular weight excluding hydrogens is 293 g/mol. The number of carbonyl (C=O) groups is 1. The fourth-order valence-corrected chi connectivity index (χ4v) is 2.48. The van der Waals surface area contributed by atoms with Crippen molar-refractivity contribution in [3.8, 4) is 0 Å². The van der Waals surface area contributed by atoms with Gasteiger partial charge in [0, 0.05) is 22.2 Å². The summed E-state index contributed by atoms with van der Waals surface area (Å²) in [5.41, 5.74) is 3.62. The Morgan fingerprint density at radius 1 is 1.10 bits per heavy atom. The molecule has 0 saturated carbocycles. The molecule has 0 aromatic heterocycles. The van der Waals surface area contributed by atoms with Gasteiger partial charge in [0.2, 0.25) is 0 Å². The van der Waals surface area contributed by atoms with Crippen molar-refractivity contribution in [3.05, 3.63) is 68.7 Å². The summed E-state index contributed by atoms with van der Waals surface area (Å²) in [7, 11) is 0. The number of benzene rings is 2. The first kappa shape index (κ1) is 14.9. The molecule has 0 fully saturated rings. The van der Waals surface area contributed by atoms with E-state index in [-0.39, 0.29) is 5.91 Å². The van der Waals surface area contributed by atoms with E-state index in [4.69, 9.17) is 23.2 Å². The van der Waals surface area contributed by atoms with Gasteiger partial charge in [0.15, 0.2) is 0 Å². The number of rotatable bonds is 3. The van der Waals surface area contributed by atoms with E-state index in [1.54, 1.807) is 12.1 Å². The van der Waals surface area contributed by atoms with E-state index in [9.17, 15) is 4.79 Å². The van der Waals surface area contributed by atoms with Gasteiger partial charge in [-0.15, -0.1) is 0 Å². The zero-order valence-electron chi connectivity index (χ0n) is 11.3. The first-order valence-corrected chi connectivity index (χ1v) is 7.02. The number of carbonyl (C=O) groups excluding carboxylic acids is 1. The van der Waals surface area contributed by atoms with Crippen LogP contribution in [-0.4, -0.2) is 5.91 Å². The molecule has 20 heavy (non-hydrogen) atoms. The fraction of sp³-hybridized carbons (Fsp3) is 0.188. The molecule has 0 aliphatic carbocycles. The zero-order valence-corrected chi connectivity index (χ0v) is 12.8. The Morgan fingerprint density at radius 3 is 2.50 bits per heavy atom. The van der Waals surface area contributed by atoms with Crippen molar-refractivity contribution in [2.45, 2.75) is 20.4 Å². The average Bonchev–Trinajstić information content (AvgIpc) is 2.37. The van der Waals surface area contributed by atoms with Crippen molar-refractivity contribution in [1.29, 1.82) is 0 Å². The molecule has 0 aliphatic rings. The molecule has 0 saturated heterocycles. The standard InChI is InChI=1S/C16H15Cl2NO/c1-10-3-6-14(11(2)7-10)16(20)19-9-12-4-5-13(17)8-15(12)18/h3-8H,9H2,1-2H3,(H,19,20). The third kappa shape index (κ3) is 3.53. The number of aryl methyl sites for hydroxylation is 2. The third-order valence-electron chi connectivity index (χ3n) is 3.08. The number of hydrogen-bond acceptors (Lipinski definition) is 1. The lowest BCUT2D eigenvalue weighted by molar-refractivity contribution is 0.0950. The molecule has 0 unspecified atom stereocenters. The van der Waals surface area contributed by atoms with E-state index < -0.39 is 0 Å². The summed E-state index contributed by atoms with van der Waals surface area (Å²) in [6.45, 7) is 4.31. The second kappa shape index (κ2) is 6.29. The van der Waals surface area contributed by atoms with Gasteiger partial charge in [-0.2, -0.15) is 0 Å². The Labute approximate surface area is 128 Å². The summed E-state index contributed by atoms with van der Waals surface area (Å²) in [5, 5.41) is 4.01. The third-order valence-corrected chi connectivity index (χ3v) is 3.67. The second-order valence-corrected chi connectivity index (χ2v) is 5.58. The van der Waals surface area contributed by atoms with Crippen molar-refractivity contribution in [1.82, 2.24) is 5.32 Å². The highest BCUT2D eigenvalue weighted by Gasteiger charge is 2.09. The maximum atomic E-state index is 12.1. The van der Waals surface area contributed by atoms with Crippen LogP contribution in [0, 0.1) is 13.8 Å². The topological polar surface area (TPSA) is 29.1 Å². The van der Waals surface area contributed by atoms with Crippen LogP contribution in [-0.2, 0) is 6.54 Å². The van der Waals surface area contributed by atoms with Crippen molar-refractivity contribution in [2.75, 3.05) is 0 Å². The Hall–Kier alpha value is -1.51. The van der Waals surface area contributed by atoms with Crippen LogP contribution in [0.15, 0.2) is 36.4 Å². The summed E-state index contributed by atoms with van der Waals surface area (Å²) in [6.07, 6.45) is 0. The minimum atomic E-state index is -0.103. The monoisotopic (exact) mass is 307 g/mol. The lowest BCUT2D eigenvalue weighted by Gasteiger charge is -2.09. The highest BCUT2D eigenvalue weighted by molar-refractivity contribution is 6.35. The predicted octanol–water partition coefficient (Wildman–Crippen LogP) is 4.54. The van der Waals surface area contributed by atoms with Crippen molar-refractivity contribution in [2.24, 2.45) is 0 Å². The largest absolute Gasteiger partial charge is 0.348 e. The minimum absolute atomic E-state index is 0.103. The molecule has 104 valence electrons. The van der Waals surface area contributed by atoms with Crippen LogP contribution in [0.5, 0.6) is 0 Å². The van der Waals surface area contributed by atoms with Crippen molar-refractivity contribution < 1.29 is 4.79 Å². The van der Waals surface area contributed by atoms with E-state index in [0.717, 1.165) is 16.7 Å². The second-order valence-electron chi connectivity index (χ2n) is 4.74. The Bertz CT molecular complexity index is 653. The molecule has 2 nitrogen and oxygen atoms in total. The lowest BCUT2D eigenvalue weighted by atomic mass is 10.1. The van der Waals surface area contributed by atoms with Crippen LogP contribution in [0.3, 0.4) is 0 Å². The quantitative estimate of drug-likeness (QED) is 0.886. The van der Waals surface area contributed by atoms with Crippen LogP contribution < -0.4 is 5.32 Å². The van der Waals surface area contributed by atoms with Crippen LogP contribution in [0.1, 0.15) is 27.0 Å². The predicted molar refractivity (Wildman–Crippen MR) is 83.5 cm³/mol. The van der Waals surface area contributed by atoms with Crippen LogP contribution in [0.4, 0.5) is 0 Å². The van der Waals surface area contributed by atoms with Gasteiger partial charge in [-0.1, -0.05) is 47.0 Å². The molecule has 1 amide bonds. The Morgan fingerprint density at radius 2 is 1.85 bits per heavy atom. The summed E-state index contributed by atoms with van der Waals surface area (Å²) >= 11 is 11.9. The smallest absolute Gasteiger partial charge is 0.251 e. The van der Waals surface area contributed by atoms with Crippen LogP contribution in [0.25, 0.3) is 0 Å². The van der Waals surface area contributed by atoms with E-state index in [1.807, 2.05) is 38.1 Å². The van der Waals surface area contributed by atoms with Gasteiger partial charge in [-0.3, -0.25) is 4.79 Å². The molecule has 0 bridgehead atoms. The highest BCUT2D eigenvalue weighted by Crippen LogP contribution is 2.21. The summed E-state index contributed by atoms with van der Waals surface area (Å²) in [4.78, 5) is 12.1. The fourth-order valence-electron chi connectivity index (χ4n) is 2.00. The summed E-state index contributed by atoms with van der Waals surface area (Å²) < 4.78 is 0. The molecule has 2 rings (SSSR count). The zero-order chi connectivity index (χ0) is 14.7. The Balaban J connectivity index is 2.08. The van der Waals surface area contributed by atoms with E-state index in [0.29, 0.717) is 22.2 Å². The van der Waals surface area contributed by atoms with E-state index >= 15 is 0 Å². The van der Waals surface area contributed by atoms with Gasteiger partial charge in [-0.25, -0.2) is 0 Å². The molecule has 4 heteroatoms. The summed E-state index contributed by atoms with van der Waals surface area (Å²) in [6, 6.07) is 11.0. The van der Waals surface area contributed by atoms with Crippen molar-refractivity contribution in [3.63, 3.8) is 0 Å². The molecule has 2 aromatic rings. The van der Waals surface area contributed by atoms with Gasteiger partial charge in [0.1, 0.15) is 0 Å². The number of nitrogens with one attached hydrogen (secondary N) is 1. The molecule has 0 spiro atoms. The van der Waals surface area contributed by atoms with E-state index in [1.165, 1.54) is 0 Å². The van der Waals surface area contributed by atoms with Gasteiger partial charge >= 0.3 is 0 Å². The molecule has 0 aliphatic heterocycles. The van der Waals surface area contributed by atoms with Gasteiger partial charge in [0.05, 0.1) is 0 Å².